The molecule has 1 aliphatic carbocycles. The molecule has 1 aromatic carbocycles. The van der Waals surface area contributed by atoms with Crippen LogP contribution in [0.1, 0.15) is 25.8 Å². The molecule has 0 amide bonds. The van der Waals surface area contributed by atoms with E-state index >= 15 is 0 Å². The molecule has 1 N–H and O–H groups in total. The molecule has 1 unspecified atom stereocenters. The van der Waals surface area contributed by atoms with Crippen molar-refractivity contribution in [2.45, 2.75) is 32.9 Å². The van der Waals surface area contributed by atoms with Crippen LogP contribution in [0.25, 0.3) is 0 Å². The average Bonchev–Trinajstić information content (AvgIpc) is 2.77. The lowest BCUT2D eigenvalue weighted by molar-refractivity contribution is 0.171. The second kappa shape index (κ2) is 4.05. The summed E-state index contributed by atoms with van der Waals surface area (Å²) >= 11 is 0. The van der Waals surface area contributed by atoms with Crippen molar-refractivity contribution in [3.8, 4) is 17.2 Å². The topological polar surface area (TPSA) is 39.7 Å². The molecule has 98 valence electrons. The first kappa shape index (κ1) is 11.7. The Balaban J connectivity index is 1.73. The van der Waals surface area contributed by atoms with E-state index in [2.05, 4.69) is 19.2 Å². The van der Waals surface area contributed by atoms with Crippen molar-refractivity contribution < 1.29 is 14.2 Å². The van der Waals surface area contributed by atoms with Crippen LogP contribution in [0.3, 0.4) is 0 Å². The van der Waals surface area contributed by atoms with Gasteiger partial charge in [-0.05, 0) is 29.5 Å². The predicted molar refractivity (Wildman–Crippen MR) is 68.1 cm³/mol. The molecular weight excluding hydrogens is 230 g/mol. The Morgan fingerprint density at radius 1 is 1.39 bits per heavy atom. The molecule has 0 spiro atoms. The summed E-state index contributed by atoms with van der Waals surface area (Å²) in [6.45, 7) is 5.68. The van der Waals surface area contributed by atoms with E-state index in [1.165, 1.54) is 12.0 Å². The molecule has 1 fully saturated rings. The normalized spacial score (nSPS) is 22.9. The van der Waals surface area contributed by atoms with Crippen molar-refractivity contribution in [1.29, 1.82) is 0 Å². The van der Waals surface area contributed by atoms with Crippen LogP contribution in [0.5, 0.6) is 17.2 Å². The fraction of sp³-hybridized carbons (Fsp3) is 0.571. The van der Waals surface area contributed by atoms with Crippen LogP contribution >= 0.6 is 0 Å². The van der Waals surface area contributed by atoms with E-state index in [1.54, 1.807) is 7.11 Å². The van der Waals surface area contributed by atoms with Gasteiger partial charge in [-0.15, -0.1) is 0 Å². The highest BCUT2D eigenvalue weighted by atomic mass is 16.7. The summed E-state index contributed by atoms with van der Waals surface area (Å²) < 4.78 is 16.1. The number of nitrogens with one attached hydrogen (secondary N) is 1. The fourth-order valence-corrected chi connectivity index (χ4v) is 2.34. The Kier molecular flexibility index (Phi) is 2.63. The first-order valence-corrected chi connectivity index (χ1v) is 6.30. The molecule has 1 aromatic rings. The average molecular weight is 249 g/mol. The first-order chi connectivity index (χ1) is 8.60. The third-order valence-electron chi connectivity index (χ3n) is 3.78. The Morgan fingerprint density at radius 2 is 2.17 bits per heavy atom. The molecule has 0 radical (unpaired) electrons. The van der Waals surface area contributed by atoms with Crippen LogP contribution in [0, 0.1) is 5.41 Å². The summed E-state index contributed by atoms with van der Waals surface area (Å²) in [5.74, 6) is 2.24. The summed E-state index contributed by atoms with van der Waals surface area (Å²) in [7, 11) is 1.65. The zero-order chi connectivity index (χ0) is 12.8. The van der Waals surface area contributed by atoms with Crippen molar-refractivity contribution in [2.24, 2.45) is 5.41 Å². The molecule has 1 saturated carbocycles. The zero-order valence-electron chi connectivity index (χ0n) is 11.1. The first-order valence-electron chi connectivity index (χ1n) is 6.30. The van der Waals surface area contributed by atoms with E-state index in [4.69, 9.17) is 14.2 Å². The largest absolute Gasteiger partial charge is 0.493 e. The third-order valence-corrected chi connectivity index (χ3v) is 3.78. The quantitative estimate of drug-likeness (QED) is 0.889. The summed E-state index contributed by atoms with van der Waals surface area (Å²) in [6.07, 6.45) is 1.24. The highest BCUT2D eigenvalue weighted by molar-refractivity contribution is 5.55. The second-order valence-corrected chi connectivity index (χ2v) is 5.66. The van der Waals surface area contributed by atoms with Crippen LogP contribution in [0.15, 0.2) is 12.1 Å². The molecule has 4 heteroatoms. The van der Waals surface area contributed by atoms with Crippen molar-refractivity contribution in [3.05, 3.63) is 17.7 Å². The Labute approximate surface area is 107 Å². The minimum Gasteiger partial charge on any atom is -0.493 e. The van der Waals surface area contributed by atoms with E-state index < -0.39 is 0 Å². The van der Waals surface area contributed by atoms with Gasteiger partial charge in [0.05, 0.1) is 7.11 Å². The van der Waals surface area contributed by atoms with Gasteiger partial charge in [0.2, 0.25) is 12.5 Å². The molecular formula is C14H19NO3. The molecule has 1 heterocycles. The number of methoxy groups -OCH3 is 1. The van der Waals surface area contributed by atoms with E-state index in [0.29, 0.717) is 17.2 Å². The minimum absolute atomic E-state index is 0.276. The Hall–Kier alpha value is -1.42. The maximum absolute atomic E-state index is 5.41. The van der Waals surface area contributed by atoms with Gasteiger partial charge in [-0.1, -0.05) is 13.8 Å². The maximum atomic E-state index is 5.41. The lowest BCUT2D eigenvalue weighted by atomic mass is 10.1. The smallest absolute Gasteiger partial charge is 0.231 e. The van der Waals surface area contributed by atoms with Crippen molar-refractivity contribution >= 4 is 0 Å². The van der Waals surface area contributed by atoms with E-state index in [9.17, 15) is 0 Å². The molecule has 1 aliphatic heterocycles. The molecule has 18 heavy (non-hydrogen) atoms. The van der Waals surface area contributed by atoms with Crippen LogP contribution in [-0.4, -0.2) is 19.9 Å². The van der Waals surface area contributed by atoms with Gasteiger partial charge in [0.1, 0.15) is 0 Å². The minimum atomic E-state index is 0.276. The summed E-state index contributed by atoms with van der Waals surface area (Å²) in [5, 5.41) is 3.55. The highest BCUT2D eigenvalue weighted by Gasteiger charge is 2.45. The van der Waals surface area contributed by atoms with Crippen molar-refractivity contribution in [3.63, 3.8) is 0 Å². The molecule has 3 rings (SSSR count). The van der Waals surface area contributed by atoms with Gasteiger partial charge in [-0.3, -0.25) is 0 Å². The standard InChI is InChI=1S/C14H19NO3/c1-14(2)6-12(14)15-7-9-4-10(16-3)13-11(5-9)17-8-18-13/h4-5,12,15H,6-8H2,1-3H3. The second-order valence-electron chi connectivity index (χ2n) is 5.66. The van der Waals surface area contributed by atoms with Crippen molar-refractivity contribution in [1.82, 2.24) is 5.32 Å². The summed E-state index contributed by atoms with van der Waals surface area (Å²) in [4.78, 5) is 0. The number of rotatable bonds is 4. The Bertz CT molecular complexity index is 470. The van der Waals surface area contributed by atoms with Gasteiger partial charge in [-0.25, -0.2) is 0 Å². The van der Waals surface area contributed by atoms with Gasteiger partial charge in [0.25, 0.3) is 0 Å². The zero-order valence-corrected chi connectivity index (χ0v) is 11.1. The van der Waals surface area contributed by atoms with Gasteiger partial charge in [0.15, 0.2) is 11.5 Å². The lowest BCUT2D eigenvalue weighted by Crippen LogP contribution is -2.19. The SMILES string of the molecule is COc1cc(CNC2CC2(C)C)cc2c1OCO2. The predicted octanol–water partition coefficient (Wildman–Crippen LogP) is 2.31. The number of hydrogen-bond acceptors (Lipinski definition) is 4. The van der Waals surface area contributed by atoms with Crippen LogP contribution in [-0.2, 0) is 6.54 Å². The third kappa shape index (κ3) is 2.01. The molecule has 0 saturated heterocycles. The van der Waals surface area contributed by atoms with Crippen molar-refractivity contribution in [2.75, 3.05) is 13.9 Å². The summed E-state index contributed by atoms with van der Waals surface area (Å²) in [6, 6.07) is 4.65. The van der Waals surface area contributed by atoms with Gasteiger partial charge < -0.3 is 19.5 Å². The molecule has 1 atom stereocenters. The van der Waals surface area contributed by atoms with Crippen LogP contribution in [0.4, 0.5) is 0 Å². The van der Waals surface area contributed by atoms with Gasteiger partial charge in [-0.2, -0.15) is 0 Å². The lowest BCUT2D eigenvalue weighted by Gasteiger charge is -2.10. The van der Waals surface area contributed by atoms with Gasteiger partial charge in [0, 0.05) is 12.6 Å². The number of ether oxygens (including phenoxy) is 3. The maximum Gasteiger partial charge on any atom is 0.231 e. The molecule has 4 nitrogen and oxygen atoms in total. The molecule has 0 aromatic heterocycles. The van der Waals surface area contributed by atoms with E-state index in [-0.39, 0.29) is 6.79 Å². The van der Waals surface area contributed by atoms with E-state index in [1.807, 2.05) is 12.1 Å². The van der Waals surface area contributed by atoms with Crippen LogP contribution in [0.2, 0.25) is 0 Å². The summed E-state index contributed by atoms with van der Waals surface area (Å²) in [5.41, 5.74) is 1.61. The highest BCUT2D eigenvalue weighted by Crippen LogP contribution is 2.45. The van der Waals surface area contributed by atoms with Crippen LogP contribution < -0.4 is 19.5 Å². The Morgan fingerprint density at radius 3 is 2.83 bits per heavy atom. The number of fused-ring (bicyclic) bond motifs is 1. The molecule has 2 aliphatic rings. The van der Waals surface area contributed by atoms with E-state index in [0.717, 1.165) is 18.0 Å². The monoisotopic (exact) mass is 249 g/mol. The number of benzene rings is 1. The number of hydrogen-bond donors (Lipinski definition) is 1. The fourth-order valence-electron chi connectivity index (χ4n) is 2.34. The molecule has 0 bridgehead atoms. The van der Waals surface area contributed by atoms with Gasteiger partial charge >= 0.3 is 0 Å².